The molecule has 1 aliphatic rings. The number of aryl methyl sites for hydroxylation is 1. The lowest BCUT2D eigenvalue weighted by Crippen LogP contribution is -2.25. The Morgan fingerprint density at radius 1 is 0.688 bits per heavy atom. The van der Waals surface area contributed by atoms with Crippen molar-refractivity contribution in [2.75, 3.05) is 12.0 Å². The molecule has 4 aromatic carbocycles. The highest BCUT2D eigenvalue weighted by Crippen LogP contribution is 2.47. The summed E-state index contributed by atoms with van der Waals surface area (Å²) in [5, 5.41) is 0. The molecule has 0 amide bonds. The summed E-state index contributed by atoms with van der Waals surface area (Å²) < 4.78 is 5.40. The van der Waals surface area contributed by atoms with Gasteiger partial charge in [-0.05, 0) is 53.9 Å². The molecule has 0 saturated heterocycles. The largest absolute Gasteiger partial charge is 0.497 e. The van der Waals surface area contributed by atoms with Gasteiger partial charge in [-0.3, -0.25) is 0 Å². The zero-order valence-corrected chi connectivity index (χ0v) is 18.4. The first-order chi connectivity index (χ1) is 15.7. The third-order valence-corrected chi connectivity index (χ3v) is 5.93. The molecule has 0 aliphatic carbocycles. The SMILES string of the molecule is C=C1c2cc(C)ccc2C(c2ccccc2)=C(c2ccccc2)N1c1ccc(OC)cc1. The minimum atomic E-state index is 0.834. The van der Waals surface area contributed by atoms with Gasteiger partial charge in [0.1, 0.15) is 5.75 Å². The number of anilines is 1. The highest BCUT2D eigenvalue weighted by atomic mass is 16.5. The number of benzene rings is 4. The van der Waals surface area contributed by atoms with Gasteiger partial charge >= 0.3 is 0 Å². The molecule has 0 aromatic heterocycles. The minimum Gasteiger partial charge on any atom is -0.497 e. The van der Waals surface area contributed by atoms with Crippen LogP contribution in [0.2, 0.25) is 0 Å². The van der Waals surface area contributed by atoms with Crippen LogP contribution in [-0.4, -0.2) is 7.11 Å². The monoisotopic (exact) mass is 415 g/mol. The van der Waals surface area contributed by atoms with Crippen LogP contribution in [-0.2, 0) is 0 Å². The highest BCUT2D eigenvalue weighted by Gasteiger charge is 2.30. The van der Waals surface area contributed by atoms with E-state index in [1.165, 1.54) is 22.3 Å². The molecule has 0 saturated carbocycles. The van der Waals surface area contributed by atoms with Crippen molar-refractivity contribution < 1.29 is 4.74 Å². The lowest BCUT2D eigenvalue weighted by atomic mass is 9.84. The molecule has 1 aliphatic heterocycles. The van der Waals surface area contributed by atoms with E-state index in [4.69, 9.17) is 4.74 Å². The second-order valence-corrected chi connectivity index (χ2v) is 7.98. The van der Waals surface area contributed by atoms with Gasteiger partial charge in [-0.25, -0.2) is 0 Å². The summed E-state index contributed by atoms with van der Waals surface area (Å²) in [7, 11) is 1.69. The van der Waals surface area contributed by atoms with E-state index >= 15 is 0 Å². The number of ether oxygens (including phenoxy) is 1. The van der Waals surface area contributed by atoms with Gasteiger partial charge in [0.05, 0.1) is 12.8 Å². The molecule has 0 spiro atoms. The summed E-state index contributed by atoms with van der Waals surface area (Å²) in [6, 6.07) is 36.0. The number of rotatable bonds is 4. The number of fused-ring (bicyclic) bond motifs is 1. The molecule has 32 heavy (non-hydrogen) atoms. The summed E-state index contributed by atoms with van der Waals surface area (Å²) in [5.41, 5.74) is 10.3. The molecule has 2 heteroatoms. The van der Waals surface area contributed by atoms with Gasteiger partial charge < -0.3 is 9.64 Å². The quantitative estimate of drug-likeness (QED) is 0.344. The molecule has 0 radical (unpaired) electrons. The van der Waals surface area contributed by atoms with Crippen LogP contribution in [0.1, 0.15) is 27.8 Å². The van der Waals surface area contributed by atoms with Crippen LogP contribution in [0.15, 0.2) is 110 Å². The molecule has 5 rings (SSSR count). The summed E-state index contributed by atoms with van der Waals surface area (Å²) >= 11 is 0. The van der Waals surface area contributed by atoms with Crippen molar-refractivity contribution in [2.24, 2.45) is 0 Å². The third-order valence-electron chi connectivity index (χ3n) is 5.93. The van der Waals surface area contributed by atoms with Crippen molar-refractivity contribution in [1.82, 2.24) is 0 Å². The Balaban J connectivity index is 1.87. The number of methoxy groups -OCH3 is 1. The van der Waals surface area contributed by atoms with Crippen molar-refractivity contribution in [1.29, 1.82) is 0 Å². The smallest absolute Gasteiger partial charge is 0.119 e. The van der Waals surface area contributed by atoms with Crippen LogP contribution in [0, 0.1) is 6.92 Å². The van der Waals surface area contributed by atoms with E-state index in [-0.39, 0.29) is 0 Å². The van der Waals surface area contributed by atoms with E-state index < -0.39 is 0 Å². The third kappa shape index (κ3) is 3.40. The Morgan fingerprint density at radius 3 is 1.94 bits per heavy atom. The van der Waals surface area contributed by atoms with Gasteiger partial charge in [0.2, 0.25) is 0 Å². The maximum Gasteiger partial charge on any atom is 0.119 e. The first-order valence-electron chi connectivity index (χ1n) is 10.8. The molecule has 2 nitrogen and oxygen atoms in total. The topological polar surface area (TPSA) is 12.5 Å². The fourth-order valence-corrected chi connectivity index (χ4v) is 4.39. The second kappa shape index (κ2) is 8.24. The minimum absolute atomic E-state index is 0.834. The Morgan fingerprint density at radius 2 is 1.31 bits per heavy atom. The lowest BCUT2D eigenvalue weighted by molar-refractivity contribution is 0.415. The highest BCUT2D eigenvalue weighted by molar-refractivity contribution is 6.14. The van der Waals surface area contributed by atoms with Gasteiger partial charge in [0, 0.05) is 22.5 Å². The van der Waals surface area contributed by atoms with Crippen molar-refractivity contribution >= 4 is 22.7 Å². The lowest BCUT2D eigenvalue weighted by Gasteiger charge is -2.37. The molecular formula is C30H25NO. The molecule has 156 valence electrons. The number of hydrogen-bond acceptors (Lipinski definition) is 2. The average molecular weight is 416 g/mol. The average Bonchev–Trinajstić information content (AvgIpc) is 2.85. The Hall–Kier alpha value is -4.04. The molecule has 4 aromatic rings. The van der Waals surface area contributed by atoms with Crippen molar-refractivity contribution in [3.63, 3.8) is 0 Å². The van der Waals surface area contributed by atoms with Gasteiger partial charge in [0.25, 0.3) is 0 Å². The van der Waals surface area contributed by atoms with Crippen LogP contribution < -0.4 is 9.64 Å². The Bertz CT molecular complexity index is 1300. The number of nitrogens with zero attached hydrogens (tertiary/aromatic N) is 1. The fourth-order valence-electron chi connectivity index (χ4n) is 4.39. The summed E-state index contributed by atoms with van der Waals surface area (Å²) in [4.78, 5) is 2.28. The van der Waals surface area contributed by atoms with Gasteiger partial charge in [-0.2, -0.15) is 0 Å². The molecule has 0 atom stereocenters. The van der Waals surface area contributed by atoms with Crippen LogP contribution in [0.3, 0.4) is 0 Å². The normalized spacial score (nSPS) is 13.2. The van der Waals surface area contributed by atoms with Crippen molar-refractivity contribution in [3.05, 3.63) is 138 Å². The zero-order valence-electron chi connectivity index (χ0n) is 18.4. The second-order valence-electron chi connectivity index (χ2n) is 7.98. The van der Waals surface area contributed by atoms with E-state index in [9.17, 15) is 0 Å². The zero-order chi connectivity index (χ0) is 22.1. The summed E-state index contributed by atoms with van der Waals surface area (Å²) in [5.74, 6) is 0.834. The molecule has 0 fully saturated rings. The maximum atomic E-state index is 5.40. The molecular weight excluding hydrogens is 390 g/mol. The summed E-state index contributed by atoms with van der Waals surface area (Å²) in [6.45, 7) is 6.69. The fraction of sp³-hybridized carbons (Fsp3) is 0.0667. The van der Waals surface area contributed by atoms with Gasteiger partial charge in [-0.1, -0.05) is 84.9 Å². The van der Waals surface area contributed by atoms with Crippen molar-refractivity contribution in [2.45, 2.75) is 6.92 Å². The van der Waals surface area contributed by atoms with Crippen LogP contribution in [0.4, 0.5) is 5.69 Å². The van der Waals surface area contributed by atoms with Crippen LogP contribution in [0.5, 0.6) is 5.75 Å². The predicted molar refractivity (Wildman–Crippen MR) is 134 cm³/mol. The Labute approximate surface area is 189 Å². The Kier molecular flexibility index (Phi) is 5.12. The standard InChI is InChI=1S/C30H25NO/c1-21-14-19-27-28(20-21)22(2)31(25-15-17-26(32-3)18-16-25)30(24-12-8-5-9-13-24)29(27)23-10-6-4-7-11-23/h4-20H,2H2,1,3H3. The molecule has 0 bridgehead atoms. The summed E-state index contributed by atoms with van der Waals surface area (Å²) in [6.07, 6.45) is 0. The van der Waals surface area contributed by atoms with E-state index in [2.05, 4.69) is 109 Å². The van der Waals surface area contributed by atoms with Crippen LogP contribution in [0.25, 0.3) is 17.0 Å². The van der Waals surface area contributed by atoms with Gasteiger partial charge in [-0.15, -0.1) is 0 Å². The van der Waals surface area contributed by atoms with Gasteiger partial charge in [0.15, 0.2) is 0 Å². The first kappa shape index (κ1) is 19.9. The molecule has 1 heterocycles. The maximum absolute atomic E-state index is 5.40. The van der Waals surface area contributed by atoms with E-state index in [0.29, 0.717) is 0 Å². The van der Waals surface area contributed by atoms with Crippen molar-refractivity contribution in [3.8, 4) is 5.75 Å². The van der Waals surface area contributed by atoms with E-state index in [1.54, 1.807) is 7.11 Å². The number of hydrogen-bond donors (Lipinski definition) is 0. The molecule has 0 N–H and O–H groups in total. The van der Waals surface area contributed by atoms with E-state index in [1.807, 2.05) is 12.1 Å². The van der Waals surface area contributed by atoms with E-state index in [0.717, 1.165) is 34.0 Å². The van der Waals surface area contributed by atoms with Crippen LogP contribution >= 0.6 is 0 Å². The first-order valence-corrected chi connectivity index (χ1v) is 10.8. The predicted octanol–water partition coefficient (Wildman–Crippen LogP) is 7.41. The molecule has 0 unspecified atom stereocenters.